The Bertz CT molecular complexity index is 1770. The number of rotatable bonds is 5. The zero-order valence-corrected chi connectivity index (χ0v) is 27.8. The SMILES string of the molecule is CCCC[n+]1c(O)[nH]c(=O)c2c1OC(c1ccc(C)cc1)(c1ccc(C)cc1)c1ccccc1-2.ClC(Cl)Cl.O=S(=O)([O-])C(F)(F)F. The number of hydrogen-bond acceptors (Lipinski definition) is 6. The number of unbranched alkanes of at least 4 members (excludes halogenated alkanes) is 1. The number of alkyl halides is 6. The Hall–Kier alpha value is -3.29. The first-order valence-electron chi connectivity index (χ1n) is 13.7. The predicted octanol–water partition coefficient (Wildman–Crippen LogP) is 7.17. The number of nitrogens with zero attached hydrogens (tertiary/aromatic N) is 1. The van der Waals surface area contributed by atoms with Gasteiger partial charge in [0.15, 0.2) is 25.6 Å². The van der Waals surface area contributed by atoms with Crippen LogP contribution < -0.4 is 14.9 Å². The zero-order valence-electron chi connectivity index (χ0n) is 24.7. The zero-order chi connectivity index (χ0) is 34.4. The molecule has 0 spiro atoms. The maximum absolute atomic E-state index is 13.1. The van der Waals surface area contributed by atoms with Gasteiger partial charge in [0.25, 0.3) is 0 Å². The van der Waals surface area contributed by atoms with Crippen molar-refractivity contribution in [2.24, 2.45) is 0 Å². The molecular formula is C31H30Cl3F3N2O6S. The topological polar surface area (TPSA) is 123 Å². The standard InChI is InChI=1S/C29H28N2O3.CHCl3.CHF3O3S/c1-4-5-18-31-27-25(26(32)30-28(31)33)23-8-6-7-9-24(23)29(34-27,21-14-10-19(2)11-15-21)22-16-12-20(3)13-17-22;2-1(3)4;2-1(3,4)8(5,6)7/h6-17H,4-5,18H2,1-3H3,(H,30,32,33);1H;(H,5,6,7). The summed E-state index contributed by atoms with van der Waals surface area (Å²) in [5, 5.41) is 10.7. The molecule has 0 atom stereocenters. The molecule has 1 aliphatic heterocycles. The number of aryl methyl sites for hydroxylation is 2. The number of aromatic amines is 1. The first kappa shape index (κ1) is 37.2. The highest BCUT2D eigenvalue weighted by Gasteiger charge is 2.48. The van der Waals surface area contributed by atoms with E-state index < -0.39 is 25.5 Å². The quantitative estimate of drug-likeness (QED) is 0.0975. The van der Waals surface area contributed by atoms with Crippen LogP contribution in [0.25, 0.3) is 11.1 Å². The van der Waals surface area contributed by atoms with E-state index in [0.29, 0.717) is 18.0 Å². The Morgan fingerprint density at radius 3 is 1.85 bits per heavy atom. The molecule has 0 bridgehead atoms. The molecule has 0 radical (unpaired) electrons. The van der Waals surface area contributed by atoms with Crippen LogP contribution in [-0.2, 0) is 22.3 Å². The lowest BCUT2D eigenvalue weighted by molar-refractivity contribution is -0.711. The molecule has 15 heteroatoms. The molecule has 3 aromatic carbocycles. The Kier molecular flexibility index (Phi) is 12.2. The van der Waals surface area contributed by atoms with Crippen LogP contribution in [0, 0.1) is 13.8 Å². The molecule has 0 aliphatic carbocycles. The lowest BCUT2D eigenvalue weighted by Crippen LogP contribution is -2.48. The summed E-state index contributed by atoms with van der Waals surface area (Å²) in [5.74, 6) is 0.384. The number of aromatic hydroxyl groups is 1. The van der Waals surface area contributed by atoms with Crippen molar-refractivity contribution in [3.8, 4) is 23.0 Å². The minimum Gasteiger partial charge on any atom is -0.741 e. The number of nitrogens with one attached hydrogen (secondary N) is 1. The first-order chi connectivity index (χ1) is 21.4. The van der Waals surface area contributed by atoms with Gasteiger partial charge in [-0.25, -0.2) is 13.2 Å². The van der Waals surface area contributed by atoms with Crippen LogP contribution in [-0.4, -0.2) is 32.9 Å². The van der Waals surface area contributed by atoms with Gasteiger partial charge in [-0.3, -0.25) is 0 Å². The summed E-state index contributed by atoms with van der Waals surface area (Å²) in [6.45, 7) is 6.74. The summed E-state index contributed by atoms with van der Waals surface area (Å²) < 4.78 is 66.8. The van der Waals surface area contributed by atoms with Crippen LogP contribution in [0.3, 0.4) is 0 Å². The average Bonchev–Trinajstić information content (AvgIpc) is 2.96. The third kappa shape index (κ3) is 8.34. The maximum Gasteiger partial charge on any atom is 0.485 e. The molecular weight excluding hydrogens is 692 g/mol. The fraction of sp³-hybridized carbons (Fsp3) is 0.290. The largest absolute Gasteiger partial charge is 0.741 e. The highest BCUT2D eigenvalue weighted by atomic mass is 35.6. The first-order valence-corrected chi connectivity index (χ1v) is 16.4. The highest BCUT2D eigenvalue weighted by molar-refractivity contribution is 7.86. The van der Waals surface area contributed by atoms with Gasteiger partial charge in [0.2, 0.25) is 0 Å². The molecule has 1 aromatic heterocycles. The molecule has 2 N–H and O–H groups in total. The summed E-state index contributed by atoms with van der Waals surface area (Å²) in [5.41, 5.74) is -0.632. The number of benzene rings is 3. The number of aromatic nitrogens is 2. The molecule has 248 valence electrons. The Labute approximate surface area is 279 Å². The minimum absolute atomic E-state index is 0.196. The molecule has 1 aliphatic rings. The molecule has 0 unspecified atom stereocenters. The second kappa shape index (κ2) is 15.1. The van der Waals surface area contributed by atoms with E-state index >= 15 is 0 Å². The van der Waals surface area contributed by atoms with Crippen LogP contribution in [0.15, 0.2) is 77.6 Å². The van der Waals surface area contributed by atoms with Crippen molar-refractivity contribution in [2.75, 3.05) is 0 Å². The van der Waals surface area contributed by atoms with Gasteiger partial charge in [-0.1, -0.05) is 132 Å². The Morgan fingerprint density at radius 1 is 0.957 bits per heavy atom. The van der Waals surface area contributed by atoms with Crippen molar-refractivity contribution in [3.63, 3.8) is 0 Å². The number of halogens is 6. The van der Waals surface area contributed by atoms with E-state index in [1.165, 1.54) is 0 Å². The van der Waals surface area contributed by atoms with Crippen molar-refractivity contribution in [1.29, 1.82) is 0 Å². The van der Waals surface area contributed by atoms with Gasteiger partial charge in [-0.2, -0.15) is 22.7 Å². The van der Waals surface area contributed by atoms with Crippen LogP contribution in [0.1, 0.15) is 47.6 Å². The van der Waals surface area contributed by atoms with E-state index in [0.717, 1.165) is 46.2 Å². The molecule has 0 saturated heterocycles. The van der Waals surface area contributed by atoms with Crippen molar-refractivity contribution in [2.45, 2.75) is 55.6 Å². The summed E-state index contributed by atoms with van der Waals surface area (Å²) in [7, 11) is -6.09. The lowest BCUT2D eigenvalue weighted by Gasteiger charge is -2.40. The van der Waals surface area contributed by atoms with E-state index in [1.807, 2.05) is 24.3 Å². The molecule has 46 heavy (non-hydrogen) atoms. The van der Waals surface area contributed by atoms with Crippen molar-refractivity contribution < 1.29 is 40.6 Å². The van der Waals surface area contributed by atoms with Gasteiger partial charge in [0.1, 0.15) is 0 Å². The van der Waals surface area contributed by atoms with Gasteiger partial charge in [-0.15, -0.1) is 0 Å². The minimum atomic E-state index is -6.09. The molecule has 0 fully saturated rings. The summed E-state index contributed by atoms with van der Waals surface area (Å²) in [6.07, 6.45) is 1.78. The smallest absolute Gasteiger partial charge is 0.485 e. The van der Waals surface area contributed by atoms with Gasteiger partial charge >= 0.3 is 23.0 Å². The molecule has 8 nitrogen and oxygen atoms in total. The Balaban J connectivity index is 0.000000411. The monoisotopic (exact) mass is 720 g/mol. The number of ether oxygens (including phenoxy) is 1. The van der Waals surface area contributed by atoms with E-state index in [2.05, 4.69) is 74.3 Å². The fourth-order valence-electron chi connectivity index (χ4n) is 4.81. The van der Waals surface area contributed by atoms with Gasteiger partial charge < -0.3 is 14.4 Å². The van der Waals surface area contributed by atoms with E-state index in [9.17, 15) is 23.1 Å². The second-order valence-electron chi connectivity index (χ2n) is 10.2. The molecule has 0 amide bonds. The number of H-pyrrole nitrogens is 1. The van der Waals surface area contributed by atoms with E-state index in [1.54, 1.807) is 4.57 Å². The number of hydrogen-bond donors (Lipinski definition) is 2. The lowest BCUT2D eigenvalue weighted by atomic mass is 9.75. The molecule has 2 heterocycles. The predicted molar refractivity (Wildman–Crippen MR) is 169 cm³/mol. The third-order valence-electron chi connectivity index (χ3n) is 6.93. The van der Waals surface area contributed by atoms with Crippen LogP contribution in [0.2, 0.25) is 0 Å². The van der Waals surface area contributed by atoms with Gasteiger partial charge in [-0.05, 0) is 20.3 Å². The summed E-state index contributed by atoms with van der Waals surface area (Å²) in [4.78, 5) is 15.8. The van der Waals surface area contributed by atoms with Crippen molar-refractivity contribution in [3.05, 3.63) is 111 Å². The highest BCUT2D eigenvalue weighted by Crippen LogP contribution is 2.49. The average molecular weight is 722 g/mol. The third-order valence-corrected chi connectivity index (χ3v) is 7.49. The van der Waals surface area contributed by atoms with E-state index in [4.69, 9.17) is 52.5 Å². The Morgan fingerprint density at radius 2 is 1.41 bits per heavy atom. The number of fused-ring (bicyclic) bond motifs is 3. The molecule has 0 saturated carbocycles. The van der Waals surface area contributed by atoms with Crippen LogP contribution in [0.5, 0.6) is 11.9 Å². The summed E-state index contributed by atoms with van der Waals surface area (Å²) >= 11 is 14.4. The maximum atomic E-state index is 13.1. The van der Waals surface area contributed by atoms with Gasteiger partial charge in [0.05, 0.1) is 6.54 Å². The molecule has 4 aromatic rings. The summed E-state index contributed by atoms with van der Waals surface area (Å²) in [6, 6.07) is 24.3. The van der Waals surface area contributed by atoms with Gasteiger partial charge in [0, 0.05) is 22.3 Å². The fourth-order valence-corrected chi connectivity index (χ4v) is 4.81. The normalized spacial score (nSPS) is 13.3. The van der Waals surface area contributed by atoms with E-state index in [-0.39, 0.29) is 11.6 Å². The van der Waals surface area contributed by atoms with Crippen LogP contribution in [0.4, 0.5) is 13.2 Å². The van der Waals surface area contributed by atoms with Crippen molar-refractivity contribution >= 4 is 44.9 Å². The second-order valence-corrected chi connectivity index (χ2v) is 13.5. The van der Waals surface area contributed by atoms with Crippen LogP contribution >= 0.6 is 34.8 Å². The molecule has 5 rings (SSSR count). The van der Waals surface area contributed by atoms with Crippen molar-refractivity contribution in [1.82, 2.24) is 4.98 Å².